The van der Waals surface area contributed by atoms with Crippen LogP contribution in [0.3, 0.4) is 0 Å². The van der Waals surface area contributed by atoms with Crippen molar-refractivity contribution in [3.8, 4) is 0 Å². The normalized spacial score (nSPS) is 29.0. The molecule has 2 fully saturated rings. The molecular weight excluding hydrogens is 314 g/mol. The molecular formula is C16H25N3O3S. The molecule has 6 nitrogen and oxygen atoms in total. The number of hydrogen-bond donors (Lipinski definition) is 1. The van der Waals surface area contributed by atoms with Crippen LogP contribution < -0.4 is 5.32 Å². The quantitative estimate of drug-likeness (QED) is 0.884. The number of aromatic nitrogens is 1. The number of sulfonamides is 1. The zero-order chi connectivity index (χ0) is 16.3. The van der Waals surface area contributed by atoms with Crippen molar-refractivity contribution < 1.29 is 13.2 Å². The first-order valence-corrected chi connectivity index (χ1v) is 9.98. The molecule has 3 heterocycles. The van der Waals surface area contributed by atoms with E-state index in [1.807, 2.05) is 25.1 Å². The van der Waals surface area contributed by atoms with E-state index in [-0.39, 0.29) is 23.8 Å². The van der Waals surface area contributed by atoms with Gasteiger partial charge < -0.3 is 10.1 Å². The van der Waals surface area contributed by atoms with E-state index in [0.29, 0.717) is 19.5 Å². The number of nitrogens with zero attached hydrogens (tertiary/aromatic N) is 2. The Morgan fingerprint density at radius 1 is 1.39 bits per heavy atom. The SMILES string of the molecule is CCCS(=O)(=O)N1C[C@@H]2CCCO[C@@H]2[C@H](Nc2ccccn2)C1. The average molecular weight is 339 g/mol. The molecule has 2 aliphatic heterocycles. The highest BCUT2D eigenvalue weighted by Crippen LogP contribution is 2.31. The monoisotopic (exact) mass is 339 g/mol. The maximum atomic E-state index is 12.5. The molecule has 2 saturated heterocycles. The zero-order valence-electron chi connectivity index (χ0n) is 13.5. The average Bonchev–Trinajstić information content (AvgIpc) is 2.55. The van der Waals surface area contributed by atoms with E-state index < -0.39 is 10.0 Å². The molecule has 0 spiro atoms. The number of fused-ring (bicyclic) bond motifs is 1. The van der Waals surface area contributed by atoms with E-state index in [2.05, 4.69) is 10.3 Å². The van der Waals surface area contributed by atoms with Crippen LogP contribution in [0.25, 0.3) is 0 Å². The van der Waals surface area contributed by atoms with Gasteiger partial charge in [-0.25, -0.2) is 13.4 Å². The summed E-state index contributed by atoms with van der Waals surface area (Å²) < 4.78 is 32.6. The molecule has 0 aromatic carbocycles. The van der Waals surface area contributed by atoms with Crippen molar-refractivity contribution in [2.24, 2.45) is 5.92 Å². The first-order chi connectivity index (χ1) is 11.1. The van der Waals surface area contributed by atoms with Gasteiger partial charge in [-0.15, -0.1) is 0 Å². The van der Waals surface area contributed by atoms with Crippen LogP contribution in [0.2, 0.25) is 0 Å². The van der Waals surface area contributed by atoms with Crippen molar-refractivity contribution in [3.63, 3.8) is 0 Å². The summed E-state index contributed by atoms with van der Waals surface area (Å²) in [7, 11) is -3.19. The summed E-state index contributed by atoms with van der Waals surface area (Å²) in [5.41, 5.74) is 0. The molecule has 23 heavy (non-hydrogen) atoms. The molecule has 128 valence electrons. The lowest BCUT2D eigenvalue weighted by Crippen LogP contribution is -2.59. The summed E-state index contributed by atoms with van der Waals surface area (Å²) in [6, 6.07) is 5.63. The Morgan fingerprint density at radius 2 is 2.26 bits per heavy atom. The van der Waals surface area contributed by atoms with Crippen molar-refractivity contribution in [2.45, 2.75) is 38.3 Å². The molecule has 3 rings (SSSR count). The number of ether oxygens (including phenoxy) is 1. The van der Waals surface area contributed by atoms with Gasteiger partial charge >= 0.3 is 0 Å². The van der Waals surface area contributed by atoms with E-state index in [4.69, 9.17) is 4.74 Å². The molecule has 0 saturated carbocycles. The first kappa shape index (κ1) is 16.7. The third-order valence-electron chi connectivity index (χ3n) is 4.58. The van der Waals surface area contributed by atoms with Gasteiger partial charge in [0.15, 0.2) is 0 Å². The van der Waals surface area contributed by atoms with Crippen molar-refractivity contribution >= 4 is 15.8 Å². The second-order valence-electron chi connectivity index (χ2n) is 6.34. The van der Waals surface area contributed by atoms with Crippen LogP contribution in [0.15, 0.2) is 24.4 Å². The molecule has 3 atom stereocenters. The fourth-order valence-corrected chi connectivity index (χ4v) is 5.13. The zero-order valence-corrected chi connectivity index (χ0v) is 14.3. The largest absolute Gasteiger partial charge is 0.376 e. The summed E-state index contributed by atoms with van der Waals surface area (Å²) in [5.74, 6) is 1.23. The van der Waals surface area contributed by atoms with Crippen molar-refractivity contribution in [3.05, 3.63) is 24.4 Å². The molecule has 0 bridgehead atoms. The second kappa shape index (κ2) is 7.15. The fourth-order valence-electron chi connectivity index (χ4n) is 3.54. The van der Waals surface area contributed by atoms with Gasteiger partial charge in [-0.3, -0.25) is 0 Å². The number of rotatable bonds is 5. The van der Waals surface area contributed by atoms with Crippen LogP contribution in [0.5, 0.6) is 0 Å². The third-order valence-corrected chi connectivity index (χ3v) is 6.59. The molecule has 0 radical (unpaired) electrons. The van der Waals surface area contributed by atoms with Gasteiger partial charge in [0.1, 0.15) is 5.82 Å². The van der Waals surface area contributed by atoms with Crippen LogP contribution in [0.4, 0.5) is 5.82 Å². The molecule has 1 aromatic heterocycles. The molecule has 2 aliphatic rings. The van der Waals surface area contributed by atoms with Gasteiger partial charge in [-0.1, -0.05) is 13.0 Å². The lowest BCUT2D eigenvalue weighted by Gasteiger charge is -2.45. The fraction of sp³-hybridized carbons (Fsp3) is 0.688. The van der Waals surface area contributed by atoms with E-state index in [0.717, 1.165) is 25.3 Å². The van der Waals surface area contributed by atoms with Crippen LogP contribution in [-0.4, -0.2) is 55.3 Å². The summed E-state index contributed by atoms with van der Waals surface area (Å²) in [6.45, 7) is 3.67. The summed E-state index contributed by atoms with van der Waals surface area (Å²) in [6.07, 6.45) is 4.44. The predicted molar refractivity (Wildman–Crippen MR) is 89.8 cm³/mol. The first-order valence-electron chi connectivity index (χ1n) is 8.37. The third kappa shape index (κ3) is 3.84. The highest BCUT2D eigenvalue weighted by molar-refractivity contribution is 7.89. The summed E-state index contributed by atoms with van der Waals surface area (Å²) >= 11 is 0. The number of anilines is 1. The highest BCUT2D eigenvalue weighted by Gasteiger charge is 2.42. The number of hydrogen-bond acceptors (Lipinski definition) is 5. The number of pyridine rings is 1. The van der Waals surface area contributed by atoms with Crippen molar-refractivity contribution in [2.75, 3.05) is 30.8 Å². The Bertz CT molecular complexity index is 608. The van der Waals surface area contributed by atoms with E-state index in [1.54, 1.807) is 10.5 Å². The Hall–Kier alpha value is -1.18. The Morgan fingerprint density at radius 3 is 3.00 bits per heavy atom. The molecule has 7 heteroatoms. The van der Waals surface area contributed by atoms with Crippen LogP contribution >= 0.6 is 0 Å². The van der Waals surface area contributed by atoms with Crippen molar-refractivity contribution in [1.82, 2.24) is 9.29 Å². The predicted octanol–water partition coefficient (Wildman–Crippen LogP) is 1.71. The maximum Gasteiger partial charge on any atom is 0.214 e. The van der Waals surface area contributed by atoms with E-state index in [9.17, 15) is 8.42 Å². The molecule has 0 aliphatic carbocycles. The van der Waals surface area contributed by atoms with Gasteiger partial charge in [0, 0.05) is 31.8 Å². The minimum absolute atomic E-state index is 0.0545. The lowest BCUT2D eigenvalue weighted by molar-refractivity contribution is -0.0604. The smallest absolute Gasteiger partial charge is 0.214 e. The molecule has 1 aromatic rings. The Kier molecular flexibility index (Phi) is 5.18. The minimum Gasteiger partial charge on any atom is -0.376 e. The van der Waals surface area contributed by atoms with Gasteiger partial charge in [0.05, 0.1) is 17.9 Å². The van der Waals surface area contributed by atoms with Crippen LogP contribution in [0.1, 0.15) is 26.2 Å². The summed E-state index contributed by atoms with van der Waals surface area (Å²) in [5, 5.41) is 3.38. The van der Waals surface area contributed by atoms with Gasteiger partial charge in [-0.2, -0.15) is 4.31 Å². The number of nitrogens with one attached hydrogen (secondary N) is 1. The Balaban J connectivity index is 1.80. The van der Waals surface area contributed by atoms with Gasteiger partial charge in [0.25, 0.3) is 0 Å². The molecule has 0 amide bonds. The van der Waals surface area contributed by atoms with Crippen molar-refractivity contribution in [1.29, 1.82) is 0 Å². The standard InChI is InChI=1S/C16H25N3O3S/c1-2-10-23(20,21)19-11-13-6-5-9-22-16(13)14(12-19)18-15-7-3-4-8-17-15/h3-4,7-8,13-14,16H,2,5-6,9-12H2,1H3,(H,17,18)/t13-,14+,16-/m0/s1. The van der Waals surface area contributed by atoms with E-state index in [1.165, 1.54) is 0 Å². The van der Waals surface area contributed by atoms with Gasteiger partial charge in [-0.05, 0) is 31.4 Å². The highest BCUT2D eigenvalue weighted by atomic mass is 32.2. The number of piperidine rings is 1. The minimum atomic E-state index is -3.19. The topological polar surface area (TPSA) is 71.5 Å². The summed E-state index contributed by atoms with van der Waals surface area (Å²) in [4.78, 5) is 4.30. The second-order valence-corrected chi connectivity index (χ2v) is 8.42. The molecule has 0 unspecified atom stereocenters. The molecule has 1 N–H and O–H groups in total. The Labute approximate surface area is 138 Å². The lowest BCUT2D eigenvalue weighted by atomic mass is 9.86. The van der Waals surface area contributed by atoms with Crippen LogP contribution in [0, 0.1) is 5.92 Å². The van der Waals surface area contributed by atoms with E-state index >= 15 is 0 Å². The van der Waals surface area contributed by atoms with Gasteiger partial charge in [0.2, 0.25) is 10.0 Å². The maximum absolute atomic E-state index is 12.5. The van der Waals surface area contributed by atoms with Crippen LogP contribution in [-0.2, 0) is 14.8 Å².